The lowest BCUT2D eigenvalue weighted by atomic mass is 9.99. The molecule has 3 aromatic carbocycles. The fourth-order valence-corrected chi connectivity index (χ4v) is 9.94. The molecule has 1 saturated heterocycles. The van der Waals surface area contributed by atoms with Crippen molar-refractivity contribution in [2.45, 2.75) is 63.1 Å². The van der Waals surface area contributed by atoms with Crippen molar-refractivity contribution in [3.63, 3.8) is 0 Å². The van der Waals surface area contributed by atoms with Crippen molar-refractivity contribution in [3.8, 4) is 0 Å². The van der Waals surface area contributed by atoms with E-state index in [-0.39, 0.29) is 31.4 Å². The summed E-state index contributed by atoms with van der Waals surface area (Å²) in [6.07, 6.45) is -5.47. The topological polar surface area (TPSA) is 126 Å². The van der Waals surface area contributed by atoms with Crippen LogP contribution in [0.3, 0.4) is 0 Å². The first-order valence-electron chi connectivity index (χ1n) is 13.8. The molecule has 4 rings (SSSR count). The fourth-order valence-electron chi connectivity index (χ4n) is 5.37. The van der Waals surface area contributed by atoms with E-state index in [0.717, 1.165) is 15.9 Å². The zero-order valence-electron chi connectivity index (χ0n) is 23.7. The van der Waals surface area contributed by atoms with Crippen LogP contribution in [0.5, 0.6) is 0 Å². The van der Waals surface area contributed by atoms with Gasteiger partial charge in [-0.05, 0) is 26.5 Å². The van der Waals surface area contributed by atoms with Crippen LogP contribution in [-0.2, 0) is 25.2 Å². The maximum Gasteiger partial charge on any atom is 0.261 e. The van der Waals surface area contributed by atoms with Crippen LogP contribution in [0.4, 0.5) is 0 Å². The summed E-state index contributed by atoms with van der Waals surface area (Å²) in [6, 6.07) is 30.1. The van der Waals surface area contributed by atoms with Crippen LogP contribution in [0, 0.1) is 0 Å². The van der Waals surface area contributed by atoms with Crippen LogP contribution in [0.1, 0.15) is 26.3 Å². The second-order valence-electron chi connectivity index (χ2n) is 11.1. The zero-order chi connectivity index (χ0) is 29.3. The van der Waals surface area contributed by atoms with Crippen molar-refractivity contribution < 1.29 is 28.8 Å². The Morgan fingerprint density at radius 1 is 0.854 bits per heavy atom. The predicted octanol–water partition coefficient (Wildman–Crippen LogP) is 3.92. The number of ether oxygens (including phenoxy) is 3. The summed E-state index contributed by atoms with van der Waals surface area (Å²) >= 11 is 0. The maximum atomic E-state index is 11.2. The summed E-state index contributed by atoms with van der Waals surface area (Å²) < 4.78 is 25.2. The van der Waals surface area contributed by atoms with Crippen molar-refractivity contribution >= 4 is 18.7 Å². The molecule has 0 bridgehead atoms. The van der Waals surface area contributed by atoms with Crippen molar-refractivity contribution in [3.05, 3.63) is 107 Å². The second-order valence-corrected chi connectivity index (χ2v) is 15.4. The highest BCUT2D eigenvalue weighted by Gasteiger charge is 2.52. The molecule has 9 nitrogen and oxygen atoms in total. The largest absolute Gasteiger partial charge is 0.405 e. The van der Waals surface area contributed by atoms with Crippen molar-refractivity contribution in [1.82, 2.24) is 0 Å². The van der Waals surface area contributed by atoms with Crippen molar-refractivity contribution in [2.75, 3.05) is 19.8 Å². The van der Waals surface area contributed by atoms with Crippen molar-refractivity contribution in [1.29, 1.82) is 0 Å². The fraction of sp³-hybridized carbons (Fsp3) is 0.419. The molecule has 0 radical (unpaired) electrons. The van der Waals surface area contributed by atoms with E-state index < -0.39 is 39.0 Å². The summed E-state index contributed by atoms with van der Waals surface area (Å²) in [5.74, 6) is 0. The van der Waals surface area contributed by atoms with Gasteiger partial charge in [-0.15, -0.1) is 0 Å². The summed E-state index contributed by atoms with van der Waals surface area (Å²) in [5, 5.41) is 27.5. The first-order chi connectivity index (χ1) is 19.8. The molecule has 41 heavy (non-hydrogen) atoms. The molecule has 0 saturated carbocycles. The molecule has 0 unspecified atom stereocenters. The van der Waals surface area contributed by atoms with Gasteiger partial charge in [-0.1, -0.05) is 117 Å². The minimum Gasteiger partial charge on any atom is -0.405 e. The minimum atomic E-state index is -2.92. The molecule has 1 aliphatic rings. The van der Waals surface area contributed by atoms with Gasteiger partial charge < -0.3 is 28.8 Å². The number of hydrogen-bond acceptors (Lipinski definition) is 7. The van der Waals surface area contributed by atoms with Gasteiger partial charge in [0.15, 0.2) is 6.29 Å². The minimum absolute atomic E-state index is 0.0241. The Morgan fingerprint density at radius 2 is 1.41 bits per heavy atom. The van der Waals surface area contributed by atoms with Gasteiger partial charge in [0.1, 0.15) is 24.4 Å². The standard InChI is InChI=1S/C31H39N3O6Si/c1-31(2,3)41(24-15-9-5-10-16-24,25-17-11-6-12-18-25)39-22-26-29(38-21-23-13-7-4-8-14-23)27(35)28(36)30(40-26)37-20-19-33-34-32/h4-18,26-30,35-36H,19-22H2,1-3H3/t26-,27-,28+,29-,30+/m1/s1. The van der Waals surface area contributed by atoms with Gasteiger partial charge >= 0.3 is 0 Å². The third kappa shape index (κ3) is 7.24. The van der Waals surface area contributed by atoms with Crippen LogP contribution in [0.15, 0.2) is 96.1 Å². The number of aliphatic hydroxyl groups is 2. The molecule has 0 spiro atoms. The van der Waals surface area contributed by atoms with Crippen LogP contribution in [0.2, 0.25) is 5.04 Å². The Labute approximate surface area is 242 Å². The highest BCUT2D eigenvalue weighted by atomic mass is 28.4. The van der Waals surface area contributed by atoms with Gasteiger partial charge in [0.2, 0.25) is 0 Å². The van der Waals surface area contributed by atoms with E-state index in [1.807, 2.05) is 66.7 Å². The van der Waals surface area contributed by atoms with Gasteiger partial charge in [0.05, 0.1) is 19.8 Å². The van der Waals surface area contributed by atoms with Crippen LogP contribution >= 0.6 is 0 Å². The third-order valence-electron chi connectivity index (χ3n) is 7.34. The Morgan fingerprint density at radius 3 is 1.95 bits per heavy atom. The van der Waals surface area contributed by atoms with E-state index in [1.165, 1.54) is 0 Å². The number of hydrogen-bond donors (Lipinski definition) is 2. The van der Waals surface area contributed by atoms with Crippen LogP contribution in [0.25, 0.3) is 10.4 Å². The molecule has 2 N–H and O–H groups in total. The summed E-state index contributed by atoms with van der Waals surface area (Å²) in [7, 11) is -2.92. The number of benzene rings is 3. The summed E-state index contributed by atoms with van der Waals surface area (Å²) in [6.45, 7) is 6.95. The number of rotatable bonds is 12. The van der Waals surface area contributed by atoms with Gasteiger partial charge in [0, 0.05) is 11.5 Å². The monoisotopic (exact) mass is 577 g/mol. The molecule has 10 heteroatoms. The van der Waals surface area contributed by atoms with E-state index in [0.29, 0.717) is 0 Å². The Hall–Kier alpha value is -3.05. The lowest BCUT2D eigenvalue weighted by molar-refractivity contribution is -0.307. The van der Waals surface area contributed by atoms with E-state index in [2.05, 4.69) is 55.1 Å². The second kappa shape index (κ2) is 14.2. The van der Waals surface area contributed by atoms with Crippen LogP contribution in [-0.4, -0.2) is 69.0 Å². The Bertz CT molecular complexity index is 1220. The first kappa shape index (κ1) is 30.9. The maximum absolute atomic E-state index is 11.2. The molecular weight excluding hydrogens is 538 g/mol. The molecule has 5 atom stereocenters. The molecule has 3 aromatic rings. The average Bonchev–Trinajstić information content (AvgIpc) is 2.98. The summed E-state index contributed by atoms with van der Waals surface area (Å²) in [5.41, 5.74) is 9.50. The molecule has 1 aliphatic heterocycles. The average molecular weight is 578 g/mol. The number of aliphatic hydroxyl groups excluding tert-OH is 2. The molecule has 1 heterocycles. The quantitative estimate of drug-likeness (QED) is 0.110. The number of nitrogens with zero attached hydrogens (tertiary/aromatic N) is 3. The van der Waals surface area contributed by atoms with E-state index >= 15 is 0 Å². The number of azide groups is 1. The first-order valence-corrected chi connectivity index (χ1v) is 15.7. The van der Waals surface area contributed by atoms with Gasteiger partial charge in [-0.2, -0.15) is 0 Å². The van der Waals surface area contributed by atoms with Crippen LogP contribution < -0.4 is 10.4 Å². The lowest BCUT2D eigenvalue weighted by Crippen LogP contribution is -2.68. The highest BCUT2D eigenvalue weighted by Crippen LogP contribution is 2.37. The summed E-state index contributed by atoms with van der Waals surface area (Å²) in [4.78, 5) is 2.73. The molecule has 218 valence electrons. The van der Waals surface area contributed by atoms with E-state index in [1.54, 1.807) is 0 Å². The van der Waals surface area contributed by atoms with Gasteiger partial charge in [0.25, 0.3) is 8.32 Å². The normalized spacial score (nSPS) is 23.1. The van der Waals surface area contributed by atoms with Gasteiger partial charge in [-0.3, -0.25) is 0 Å². The molecular formula is C31H39N3O6Si. The molecule has 0 aliphatic carbocycles. The predicted molar refractivity (Wildman–Crippen MR) is 159 cm³/mol. The van der Waals surface area contributed by atoms with E-state index in [9.17, 15) is 10.2 Å². The molecule has 0 aromatic heterocycles. The van der Waals surface area contributed by atoms with Crippen molar-refractivity contribution in [2.24, 2.45) is 5.11 Å². The molecule has 0 amide bonds. The SMILES string of the molecule is CC(C)(C)[Si](OC[C@H]1O[C@H](OCCN=[N+]=[N-])[C@@H](O)[C@@H](O)[C@@H]1OCc1ccccc1)(c1ccccc1)c1ccccc1. The van der Waals surface area contributed by atoms with Gasteiger partial charge in [-0.25, -0.2) is 0 Å². The Balaban J connectivity index is 1.66. The zero-order valence-corrected chi connectivity index (χ0v) is 24.7. The highest BCUT2D eigenvalue weighted by molar-refractivity contribution is 6.99. The molecule has 1 fully saturated rings. The van der Waals surface area contributed by atoms with E-state index in [4.69, 9.17) is 24.2 Å². The Kier molecular flexibility index (Phi) is 10.7. The smallest absolute Gasteiger partial charge is 0.261 e. The third-order valence-corrected chi connectivity index (χ3v) is 12.3. The lowest BCUT2D eigenvalue weighted by Gasteiger charge is -2.46.